The van der Waals surface area contributed by atoms with Crippen LogP contribution in [-0.2, 0) is 9.59 Å². The fourth-order valence-electron chi connectivity index (χ4n) is 3.87. The summed E-state index contributed by atoms with van der Waals surface area (Å²) >= 11 is 0. The molecule has 0 aromatic rings. The molecule has 31 heavy (non-hydrogen) atoms. The van der Waals surface area contributed by atoms with Gasteiger partial charge in [0.1, 0.15) is 0 Å². The monoisotopic (exact) mass is 422 g/mol. The number of ketones is 2. The van der Waals surface area contributed by atoms with E-state index in [2.05, 4.69) is 57.2 Å². The summed E-state index contributed by atoms with van der Waals surface area (Å²) in [6.07, 6.45) is 19.8. The van der Waals surface area contributed by atoms with Crippen LogP contribution in [0, 0.1) is 5.41 Å². The molecule has 0 aromatic carbocycles. The van der Waals surface area contributed by atoms with Crippen LogP contribution < -0.4 is 0 Å². The quantitative estimate of drug-likeness (QED) is 0.191. The number of rotatable bonds is 11. The van der Waals surface area contributed by atoms with Gasteiger partial charge in [0.25, 0.3) is 0 Å². The predicted molar refractivity (Wildman–Crippen MR) is 134 cm³/mol. The summed E-state index contributed by atoms with van der Waals surface area (Å²) in [7, 11) is 0. The maximum atomic E-state index is 12.8. The average Bonchev–Trinajstić information content (AvgIpc) is 2.69. The van der Waals surface area contributed by atoms with Crippen LogP contribution in [0.15, 0.2) is 69.9 Å². The summed E-state index contributed by atoms with van der Waals surface area (Å²) in [6, 6.07) is 0. The maximum absolute atomic E-state index is 12.8. The molecule has 0 saturated heterocycles. The highest BCUT2D eigenvalue weighted by Gasteiger charge is 2.35. The first-order valence-electron chi connectivity index (χ1n) is 11.6. The minimum atomic E-state index is -0.451. The molecule has 1 aliphatic rings. The molecule has 0 unspecified atom stereocenters. The van der Waals surface area contributed by atoms with Crippen molar-refractivity contribution in [1.29, 1.82) is 0 Å². The Bertz CT molecular complexity index is 847. The molecule has 0 saturated carbocycles. The molecule has 0 fully saturated rings. The van der Waals surface area contributed by atoms with E-state index >= 15 is 0 Å². The van der Waals surface area contributed by atoms with Gasteiger partial charge in [-0.3, -0.25) is 9.59 Å². The van der Waals surface area contributed by atoms with Crippen molar-refractivity contribution < 1.29 is 9.59 Å². The van der Waals surface area contributed by atoms with Crippen molar-refractivity contribution in [3.05, 3.63) is 69.9 Å². The van der Waals surface area contributed by atoms with E-state index in [4.69, 9.17) is 0 Å². The molecule has 2 heteroatoms. The fraction of sp³-hybridized carbons (Fsp3) is 0.517. The number of carbonyl (C=O) groups is 2. The fourth-order valence-corrected chi connectivity index (χ4v) is 3.87. The van der Waals surface area contributed by atoms with E-state index < -0.39 is 5.41 Å². The molecule has 0 N–H and O–H groups in total. The van der Waals surface area contributed by atoms with E-state index in [0.29, 0.717) is 22.3 Å². The van der Waals surface area contributed by atoms with Crippen LogP contribution in [0.25, 0.3) is 0 Å². The second-order valence-electron chi connectivity index (χ2n) is 9.53. The van der Waals surface area contributed by atoms with Gasteiger partial charge in [-0.05, 0) is 80.1 Å². The topological polar surface area (TPSA) is 34.1 Å². The molecule has 0 radical (unpaired) electrons. The van der Waals surface area contributed by atoms with Crippen LogP contribution in [0.2, 0.25) is 0 Å². The first kappa shape index (κ1) is 26.8. The molecule has 1 aliphatic carbocycles. The van der Waals surface area contributed by atoms with Gasteiger partial charge in [-0.2, -0.15) is 0 Å². The predicted octanol–water partition coefficient (Wildman–Crippen LogP) is 8.18. The third kappa shape index (κ3) is 8.44. The van der Waals surface area contributed by atoms with Crippen molar-refractivity contribution in [2.75, 3.05) is 0 Å². The lowest BCUT2D eigenvalue weighted by molar-refractivity contribution is -0.117. The van der Waals surface area contributed by atoms with Crippen molar-refractivity contribution in [3.63, 3.8) is 0 Å². The van der Waals surface area contributed by atoms with Crippen LogP contribution >= 0.6 is 0 Å². The molecule has 0 aliphatic heterocycles. The summed E-state index contributed by atoms with van der Waals surface area (Å²) in [5.74, 6) is 0.00650. The first-order valence-corrected chi connectivity index (χ1v) is 11.6. The van der Waals surface area contributed by atoms with Crippen molar-refractivity contribution in [1.82, 2.24) is 0 Å². The zero-order valence-electron chi connectivity index (χ0n) is 21.0. The minimum Gasteiger partial charge on any atom is -0.289 e. The van der Waals surface area contributed by atoms with Crippen LogP contribution in [0.5, 0.6) is 0 Å². The van der Waals surface area contributed by atoms with Gasteiger partial charge in [0, 0.05) is 27.7 Å². The van der Waals surface area contributed by atoms with Crippen molar-refractivity contribution in [2.45, 2.75) is 93.9 Å². The van der Waals surface area contributed by atoms with Crippen molar-refractivity contribution in [3.8, 4) is 0 Å². The smallest absolute Gasteiger partial charge is 0.186 e. The van der Waals surface area contributed by atoms with Gasteiger partial charge >= 0.3 is 0 Å². The van der Waals surface area contributed by atoms with E-state index in [9.17, 15) is 9.59 Å². The van der Waals surface area contributed by atoms with Gasteiger partial charge in [0.05, 0.1) is 0 Å². The van der Waals surface area contributed by atoms with Crippen LogP contribution in [0.3, 0.4) is 0 Å². The summed E-state index contributed by atoms with van der Waals surface area (Å²) < 4.78 is 0. The third-order valence-corrected chi connectivity index (χ3v) is 5.95. The molecule has 0 spiro atoms. The summed E-state index contributed by atoms with van der Waals surface area (Å²) in [5.41, 5.74) is 4.74. The average molecular weight is 423 g/mol. The zero-order valence-corrected chi connectivity index (χ0v) is 21.0. The lowest BCUT2D eigenvalue weighted by Gasteiger charge is -2.29. The molecule has 0 aromatic heterocycles. The van der Waals surface area contributed by atoms with Gasteiger partial charge < -0.3 is 0 Å². The third-order valence-electron chi connectivity index (χ3n) is 5.95. The number of unbranched alkanes of at least 4 members (excludes halogenated alkanes) is 2. The minimum absolute atomic E-state index is 0.00174. The molecule has 170 valence electrons. The number of allylic oxidation sites excluding steroid dienone is 12. The van der Waals surface area contributed by atoms with E-state index in [1.807, 2.05) is 13.8 Å². The van der Waals surface area contributed by atoms with Crippen LogP contribution in [0.4, 0.5) is 0 Å². The summed E-state index contributed by atoms with van der Waals surface area (Å²) in [6.45, 7) is 15.8. The molecule has 0 bridgehead atoms. The Kier molecular flexibility index (Phi) is 10.9. The standard InChI is InChI=1S/C29H42O2/c1-21(2)17-13-10-9-11-14-18-22(3)19-15-12-16-20-29(7,8)26-25(6)27(30)23(4)24(5)28(26)31/h9,11,16-17,19-20H,10,12-15,18H2,1-8H3. The van der Waals surface area contributed by atoms with Gasteiger partial charge in [-0.15, -0.1) is 0 Å². The number of hydrogen-bond donors (Lipinski definition) is 0. The highest BCUT2D eigenvalue weighted by molar-refractivity contribution is 6.25. The molecular weight excluding hydrogens is 380 g/mol. The van der Waals surface area contributed by atoms with Crippen molar-refractivity contribution in [2.24, 2.45) is 5.41 Å². The van der Waals surface area contributed by atoms with E-state index in [0.717, 1.165) is 38.5 Å². The van der Waals surface area contributed by atoms with Crippen LogP contribution in [0.1, 0.15) is 93.9 Å². The SMILES string of the molecule is CC(C)=CCCC=CCCC(C)=CCCC=CC(C)(C)C1=C(C)C(=O)C(C)=C(C)C1=O. The Morgan fingerprint density at radius 3 is 1.90 bits per heavy atom. The molecule has 2 nitrogen and oxygen atoms in total. The van der Waals surface area contributed by atoms with Crippen LogP contribution in [-0.4, -0.2) is 11.6 Å². The second kappa shape index (κ2) is 12.6. The largest absolute Gasteiger partial charge is 0.289 e. The lowest BCUT2D eigenvalue weighted by atomic mass is 9.72. The highest BCUT2D eigenvalue weighted by Crippen LogP contribution is 2.37. The van der Waals surface area contributed by atoms with E-state index in [1.165, 1.54) is 11.1 Å². The second-order valence-corrected chi connectivity index (χ2v) is 9.53. The Morgan fingerprint density at radius 2 is 1.26 bits per heavy atom. The molecule has 0 heterocycles. The Morgan fingerprint density at radius 1 is 0.710 bits per heavy atom. The van der Waals surface area contributed by atoms with Gasteiger partial charge in [-0.25, -0.2) is 0 Å². The normalized spacial score (nSPS) is 16.3. The summed E-state index contributed by atoms with van der Waals surface area (Å²) in [5, 5.41) is 0. The van der Waals surface area contributed by atoms with E-state index in [-0.39, 0.29) is 11.6 Å². The Hall–Kier alpha value is -2.22. The number of Topliss-reactive ketones (excluding diaryl/α,β-unsaturated/α-hetero) is 2. The number of carbonyl (C=O) groups excluding carboxylic acids is 2. The maximum Gasteiger partial charge on any atom is 0.186 e. The Balaban J connectivity index is 2.53. The first-order chi connectivity index (χ1) is 14.5. The molecule has 0 amide bonds. The van der Waals surface area contributed by atoms with Gasteiger partial charge in [0.2, 0.25) is 0 Å². The molecular formula is C29H42O2. The molecule has 1 rings (SSSR count). The summed E-state index contributed by atoms with van der Waals surface area (Å²) in [4.78, 5) is 25.3. The number of hydrogen-bond acceptors (Lipinski definition) is 2. The van der Waals surface area contributed by atoms with Crippen molar-refractivity contribution >= 4 is 11.6 Å². The zero-order chi connectivity index (χ0) is 23.6. The van der Waals surface area contributed by atoms with Gasteiger partial charge in [0.15, 0.2) is 11.6 Å². The highest BCUT2D eigenvalue weighted by atomic mass is 16.1. The van der Waals surface area contributed by atoms with E-state index in [1.54, 1.807) is 20.8 Å². The lowest BCUT2D eigenvalue weighted by Crippen LogP contribution is -2.28. The Labute approximate surface area is 190 Å². The molecule has 0 atom stereocenters. The van der Waals surface area contributed by atoms with Gasteiger partial charge in [-0.1, -0.05) is 61.4 Å².